The lowest BCUT2D eigenvalue weighted by Gasteiger charge is -2.27. The van der Waals surface area contributed by atoms with Gasteiger partial charge in [-0.15, -0.1) is 5.10 Å². The normalized spacial score (nSPS) is 24.2. The van der Waals surface area contributed by atoms with Crippen LogP contribution in [0.3, 0.4) is 0 Å². The molecule has 0 N–H and O–H groups in total. The molecule has 1 aromatic carbocycles. The van der Waals surface area contributed by atoms with Crippen LogP contribution in [-0.2, 0) is 28.9 Å². The fraction of sp³-hybridized carbons (Fsp3) is 0.412. The average molecular weight is 339 g/mol. The van der Waals surface area contributed by atoms with Gasteiger partial charge in [-0.25, -0.2) is 9.48 Å². The van der Waals surface area contributed by atoms with Crippen LogP contribution in [0, 0.1) is 0 Å². The maximum absolute atomic E-state index is 12.4. The second kappa shape index (κ2) is 5.05. The van der Waals surface area contributed by atoms with Gasteiger partial charge in [0.1, 0.15) is 6.10 Å². The molecule has 4 heterocycles. The van der Waals surface area contributed by atoms with Gasteiger partial charge in [0, 0.05) is 25.4 Å². The highest BCUT2D eigenvalue weighted by atomic mass is 16.6. The summed E-state index contributed by atoms with van der Waals surface area (Å²) < 4.78 is 7.26. The van der Waals surface area contributed by atoms with Crippen molar-refractivity contribution in [1.29, 1.82) is 0 Å². The van der Waals surface area contributed by atoms with E-state index < -0.39 is 0 Å². The number of carbonyl (C=O) groups is 2. The zero-order valence-corrected chi connectivity index (χ0v) is 13.8. The number of benzene rings is 1. The van der Waals surface area contributed by atoms with Crippen LogP contribution in [-0.4, -0.2) is 46.2 Å². The Morgan fingerprint density at radius 1 is 1.20 bits per heavy atom. The number of nitrogens with zero attached hydrogens (tertiary/aromatic N) is 5. The van der Waals surface area contributed by atoms with E-state index in [4.69, 9.17) is 4.74 Å². The Hall–Kier alpha value is -2.90. The Bertz CT molecular complexity index is 879. The molecule has 0 spiro atoms. The lowest BCUT2D eigenvalue weighted by molar-refractivity contribution is -0.118. The number of anilines is 2. The standard InChI is InChI=1S/C17H17N5O3/c1-20-12-3-4-13-11(10(12)2-5-16(20)23)8-14-15(25-17(24)22(13)14)9-21-7-6-18-19-21/h3-4,6-7,14-15H,2,5,8-9H2,1H3/t14-,15?/m0/s1. The Labute approximate surface area is 144 Å². The largest absolute Gasteiger partial charge is 0.442 e. The molecule has 1 aromatic heterocycles. The predicted octanol–water partition coefficient (Wildman–Crippen LogP) is 1.14. The van der Waals surface area contributed by atoms with Crippen molar-refractivity contribution in [3.63, 3.8) is 0 Å². The second-order valence-corrected chi connectivity index (χ2v) is 6.70. The van der Waals surface area contributed by atoms with Crippen LogP contribution in [0.4, 0.5) is 16.2 Å². The molecule has 1 unspecified atom stereocenters. The fourth-order valence-electron chi connectivity index (χ4n) is 4.20. The van der Waals surface area contributed by atoms with E-state index in [1.807, 2.05) is 19.2 Å². The first-order valence-electron chi connectivity index (χ1n) is 8.39. The minimum Gasteiger partial charge on any atom is -0.442 e. The first-order valence-corrected chi connectivity index (χ1v) is 8.39. The summed E-state index contributed by atoms with van der Waals surface area (Å²) in [6.45, 7) is 0.488. The number of fused-ring (bicyclic) bond motifs is 5. The molecule has 3 aliphatic rings. The Morgan fingerprint density at radius 3 is 2.84 bits per heavy atom. The van der Waals surface area contributed by atoms with E-state index in [-0.39, 0.29) is 24.1 Å². The smallest absolute Gasteiger partial charge is 0.415 e. The summed E-state index contributed by atoms with van der Waals surface area (Å²) >= 11 is 0. The third-order valence-corrected chi connectivity index (χ3v) is 5.43. The summed E-state index contributed by atoms with van der Waals surface area (Å²) in [6, 6.07) is 3.83. The van der Waals surface area contributed by atoms with E-state index >= 15 is 0 Å². The van der Waals surface area contributed by atoms with Gasteiger partial charge in [-0.2, -0.15) is 0 Å². The molecule has 2 amide bonds. The van der Waals surface area contributed by atoms with Crippen molar-refractivity contribution >= 4 is 23.4 Å². The van der Waals surface area contributed by atoms with Crippen molar-refractivity contribution in [2.45, 2.75) is 38.0 Å². The highest BCUT2D eigenvalue weighted by Gasteiger charge is 2.48. The Balaban J connectivity index is 1.52. The van der Waals surface area contributed by atoms with Crippen molar-refractivity contribution in [3.8, 4) is 0 Å². The van der Waals surface area contributed by atoms with Crippen LogP contribution in [0.1, 0.15) is 17.5 Å². The molecule has 2 atom stereocenters. The zero-order chi connectivity index (χ0) is 17.1. The molecule has 25 heavy (non-hydrogen) atoms. The van der Waals surface area contributed by atoms with Crippen LogP contribution in [0.15, 0.2) is 24.5 Å². The lowest BCUT2D eigenvalue weighted by Crippen LogP contribution is -2.35. The number of hydrogen-bond donors (Lipinski definition) is 0. The molecule has 1 saturated heterocycles. The SMILES string of the molecule is CN1C(=O)CCc2c1ccc1c2C[C@H]2C(Cn3ccnn3)OC(=O)N12. The quantitative estimate of drug-likeness (QED) is 0.819. The van der Waals surface area contributed by atoms with Crippen LogP contribution in [0.25, 0.3) is 0 Å². The van der Waals surface area contributed by atoms with Gasteiger partial charge in [0.2, 0.25) is 5.91 Å². The second-order valence-electron chi connectivity index (χ2n) is 6.70. The first-order chi connectivity index (χ1) is 12.1. The summed E-state index contributed by atoms with van der Waals surface area (Å²) in [6.07, 6.45) is 4.78. The molecule has 3 aliphatic heterocycles. The predicted molar refractivity (Wildman–Crippen MR) is 88.4 cm³/mol. The maximum atomic E-state index is 12.4. The van der Waals surface area contributed by atoms with Crippen molar-refractivity contribution in [2.24, 2.45) is 0 Å². The van der Waals surface area contributed by atoms with E-state index in [0.29, 0.717) is 13.0 Å². The minimum absolute atomic E-state index is 0.0406. The van der Waals surface area contributed by atoms with Gasteiger partial charge in [-0.1, -0.05) is 5.21 Å². The van der Waals surface area contributed by atoms with Crippen LogP contribution >= 0.6 is 0 Å². The van der Waals surface area contributed by atoms with Gasteiger partial charge in [-0.3, -0.25) is 9.69 Å². The van der Waals surface area contributed by atoms with Crippen molar-refractivity contribution < 1.29 is 14.3 Å². The number of ether oxygens (including phenoxy) is 1. The molecular formula is C17H17N5O3. The van der Waals surface area contributed by atoms with Gasteiger partial charge in [0.05, 0.1) is 24.5 Å². The molecule has 0 bridgehead atoms. The highest BCUT2D eigenvalue weighted by Crippen LogP contribution is 2.44. The van der Waals surface area contributed by atoms with E-state index in [1.54, 1.807) is 26.9 Å². The zero-order valence-electron chi connectivity index (χ0n) is 13.8. The van der Waals surface area contributed by atoms with Crippen molar-refractivity contribution in [1.82, 2.24) is 15.0 Å². The lowest BCUT2D eigenvalue weighted by atomic mass is 9.93. The number of hydrogen-bond acceptors (Lipinski definition) is 5. The van der Waals surface area contributed by atoms with E-state index in [9.17, 15) is 9.59 Å². The number of cyclic esters (lactones) is 1. The minimum atomic E-state index is -0.311. The maximum Gasteiger partial charge on any atom is 0.415 e. The van der Waals surface area contributed by atoms with E-state index in [1.165, 1.54) is 11.1 Å². The number of carbonyl (C=O) groups excluding carboxylic acids is 2. The number of rotatable bonds is 2. The van der Waals surface area contributed by atoms with Crippen LogP contribution < -0.4 is 9.80 Å². The first kappa shape index (κ1) is 14.4. The molecule has 0 aliphatic carbocycles. The molecule has 8 nitrogen and oxygen atoms in total. The summed E-state index contributed by atoms with van der Waals surface area (Å²) in [5.41, 5.74) is 4.22. The van der Waals surface area contributed by atoms with Crippen molar-refractivity contribution in [2.75, 3.05) is 16.8 Å². The third kappa shape index (κ3) is 2.00. The molecule has 5 rings (SSSR count). The molecule has 2 aromatic rings. The topological polar surface area (TPSA) is 80.6 Å². The van der Waals surface area contributed by atoms with Crippen LogP contribution in [0.5, 0.6) is 0 Å². The van der Waals surface area contributed by atoms with Gasteiger partial charge in [-0.05, 0) is 36.1 Å². The van der Waals surface area contributed by atoms with Crippen molar-refractivity contribution in [3.05, 3.63) is 35.7 Å². The molecule has 0 radical (unpaired) electrons. The number of aromatic nitrogens is 3. The fourth-order valence-corrected chi connectivity index (χ4v) is 4.20. The number of amides is 2. The van der Waals surface area contributed by atoms with E-state index in [2.05, 4.69) is 10.3 Å². The molecule has 8 heteroatoms. The van der Waals surface area contributed by atoms with E-state index in [0.717, 1.165) is 24.2 Å². The third-order valence-electron chi connectivity index (χ3n) is 5.43. The van der Waals surface area contributed by atoms with Gasteiger partial charge in [0.25, 0.3) is 0 Å². The molecular weight excluding hydrogens is 322 g/mol. The summed E-state index contributed by atoms with van der Waals surface area (Å²) in [4.78, 5) is 27.9. The Kier molecular flexibility index (Phi) is 2.92. The highest BCUT2D eigenvalue weighted by molar-refractivity contribution is 5.99. The molecule has 128 valence electrons. The summed E-state index contributed by atoms with van der Waals surface area (Å²) in [7, 11) is 1.81. The average Bonchev–Trinajstić information content (AvgIpc) is 3.29. The monoisotopic (exact) mass is 339 g/mol. The van der Waals surface area contributed by atoms with Gasteiger partial charge < -0.3 is 9.64 Å². The van der Waals surface area contributed by atoms with Gasteiger partial charge >= 0.3 is 6.09 Å². The van der Waals surface area contributed by atoms with Crippen LogP contribution in [0.2, 0.25) is 0 Å². The van der Waals surface area contributed by atoms with Gasteiger partial charge in [0.15, 0.2) is 0 Å². The summed E-state index contributed by atoms with van der Waals surface area (Å²) in [5.74, 6) is 0.134. The Morgan fingerprint density at radius 2 is 2.04 bits per heavy atom. The molecule has 1 fully saturated rings. The molecule has 0 saturated carbocycles. The summed E-state index contributed by atoms with van der Waals surface area (Å²) in [5, 5.41) is 7.77.